The van der Waals surface area contributed by atoms with Crippen molar-refractivity contribution in [1.82, 2.24) is 14.2 Å². The number of rotatable bonds is 5. The molecule has 1 aliphatic rings. The van der Waals surface area contributed by atoms with Crippen LogP contribution >= 0.6 is 11.3 Å². The normalized spacial score (nSPS) is 15.4. The van der Waals surface area contributed by atoms with Gasteiger partial charge in [0.05, 0.1) is 16.8 Å². The molecule has 4 rings (SSSR count). The molecule has 3 heterocycles. The molecule has 0 bridgehead atoms. The first-order valence-electron chi connectivity index (χ1n) is 9.07. The highest BCUT2D eigenvalue weighted by Crippen LogP contribution is 2.27. The van der Waals surface area contributed by atoms with Crippen LogP contribution in [0.3, 0.4) is 0 Å². The average Bonchev–Trinajstić information content (AvgIpc) is 3.40. The van der Waals surface area contributed by atoms with Crippen molar-refractivity contribution >= 4 is 37.5 Å². The Hall–Kier alpha value is -2.23. The van der Waals surface area contributed by atoms with E-state index in [4.69, 9.17) is 4.42 Å². The van der Waals surface area contributed by atoms with E-state index >= 15 is 0 Å². The molecule has 1 saturated heterocycles. The Bertz CT molecular complexity index is 1090. The second-order valence-corrected chi connectivity index (χ2v) is 9.90. The quantitative estimate of drug-likeness (QED) is 0.634. The van der Waals surface area contributed by atoms with Crippen LogP contribution in [-0.2, 0) is 16.6 Å². The van der Waals surface area contributed by atoms with Gasteiger partial charge in [0.15, 0.2) is 5.76 Å². The lowest BCUT2D eigenvalue weighted by molar-refractivity contribution is 0.0752. The minimum atomic E-state index is -3.63. The summed E-state index contributed by atoms with van der Waals surface area (Å²) >= 11 is 1.53. The molecule has 0 N–H and O–H groups in total. The predicted octanol–water partition coefficient (Wildman–Crippen LogP) is 3.25. The van der Waals surface area contributed by atoms with Gasteiger partial charge in [0.25, 0.3) is 5.91 Å². The number of para-hydroxylation sites is 1. The highest BCUT2D eigenvalue weighted by Gasteiger charge is 2.32. The van der Waals surface area contributed by atoms with Crippen LogP contribution in [0.5, 0.6) is 0 Å². The zero-order valence-corrected chi connectivity index (χ0v) is 17.3. The minimum absolute atomic E-state index is 0.0267. The Balaban J connectivity index is 1.54. The van der Waals surface area contributed by atoms with E-state index in [0.29, 0.717) is 19.6 Å². The number of sulfonamides is 1. The number of benzene rings is 1. The molecule has 1 fully saturated rings. The number of fused-ring (bicyclic) bond motifs is 1. The van der Waals surface area contributed by atoms with E-state index in [9.17, 15) is 13.2 Å². The number of amides is 1. The van der Waals surface area contributed by atoms with Crippen molar-refractivity contribution in [2.24, 2.45) is 0 Å². The molecule has 0 spiro atoms. The van der Waals surface area contributed by atoms with E-state index in [2.05, 4.69) is 4.98 Å². The molecule has 9 heteroatoms. The number of aromatic nitrogens is 1. The third-order valence-electron chi connectivity index (χ3n) is 4.82. The van der Waals surface area contributed by atoms with Gasteiger partial charge in [0, 0.05) is 26.2 Å². The van der Waals surface area contributed by atoms with Gasteiger partial charge in [-0.15, -0.1) is 11.3 Å². The van der Waals surface area contributed by atoms with Crippen LogP contribution in [0.2, 0.25) is 0 Å². The van der Waals surface area contributed by atoms with Gasteiger partial charge < -0.3 is 9.32 Å². The summed E-state index contributed by atoms with van der Waals surface area (Å²) in [6.45, 7) is 2.92. The molecule has 28 heavy (non-hydrogen) atoms. The summed E-state index contributed by atoms with van der Waals surface area (Å²) < 4.78 is 33.6. The molecule has 3 aromatic rings. The summed E-state index contributed by atoms with van der Waals surface area (Å²) in [6.07, 6.45) is 1.71. The molecular formula is C19H21N3O4S2. The van der Waals surface area contributed by atoms with E-state index in [0.717, 1.165) is 28.1 Å². The third-order valence-corrected chi connectivity index (χ3v) is 7.85. The van der Waals surface area contributed by atoms with E-state index < -0.39 is 10.0 Å². The van der Waals surface area contributed by atoms with Crippen LogP contribution in [0.25, 0.3) is 10.2 Å². The van der Waals surface area contributed by atoms with E-state index in [1.54, 1.807) is 14.0 Å². The molecule has 0 unspecified atom stereocenters. The Morgan fingerprint density at radius 1 is 1.29 bits per heavy atom. The number of hydrogen-bond acceptors (Lipinski definition) is 6. The number of carbonyl (C=O) groups is 1. The molecule has 0 radical (unpaired) electrons. The largest absolute Gasteiger partial charge is 0.455 e. The van der Waals surface area contributed by atoms with Gasteiger partial charge in [-0.05, 0) is 31.9 Å². The van der Waals surface area contributed by atoms with Gasteiger partial charge in [-0.3, -0.25) is 4.79 Å². The molecule has 0 aliphatic carbocycles. The first-order chi connectivity index (χ1) is 13.4. The van der Waals surface area contributed by atoms with Crippen molar-refractivity contribution in [2.45, 2.75) is 31.2 Å². The van der Waals surface area contributed by atoms with Crippen LogP contribution < -0.4 is 0 Å². The van der Waals surface area contributed by atoms with Crippen molar-refractivity contribution in [1.29, 1.82) is 0 Å². The monoisotopic (exact) mass is 419 g/mol. The standard InChI is InChI=1S/C19H21N3O4S2/c1-13-17(28(24,25)22-9-5-6-10-22)11-15(26-13)19(23)21(2)12-18-20-14-7-3-4-8-16(14)27-18/h3-4,7-8,11H,5-6,9-10,12H2,1-2H3. The summed E-state index contributed by atoms with van der Waals surface area (Å²) in [7, 11) is -1.97. The number of aryl methyl sites for hydroxylation is 1. The number of thiazole rings is 1. The maximum Gasteiger partial charge on any atom is 0.289 e. The smallest absolute Gasteiger partial charge is 0.289 e. The number of hydrogen-bond donors (Lipinski definition) is 0. The van der Waals surface area contributed by atoms with Crippen molar-refractivity contribution in [3.05, 3.63) is 46.9 Å². The molecule has 1 aliphatic heterocycles. The van der Waals surface area contributed by atoms with Crippen LogP contribution in [0.15, 0.2) is 39.6 Å². The van der Waals surface area contributed by atoms with E-state index in [1.807, 2.05) is 24.3 Å². The first-order valence-corrected chi connectivity index (χ1v) is 11.3. The number of nitrogens with zero attached hydrogens (tertiary/aromatic N) is 3. The molecular weight excluding hydrogens is 398 g/mol. The Morgan fingerprint density at radius 2 is 2.00 bits per heavy atom. The lowest BCUT2D eigenvalue weighted by Gasteiger charge is -2.14. The summed E-state index contributed by atoms with van der Waals surface area (Å²) in [6, 6.07) is 9.15. The van der Waals surface area contributed by atoms with Crippen molar-refractivity contribution in [3.8, 4) is 0 Å². The fourth-order valence-corrected chi connectivity index (χ4v) is 6.04. The second-order valence-electron chi connectivity index (χ2n) is 6.88. The summed E-state index contributed by atoms with van der Waals surface area (Å²) in [5.41, 5.74) is 0.899. The molecule has 0 saturated carbocycles. The fraction of sp³-hybridized carbons (Fsp3) is 0.368. The predicted molar refractivity (Wildman–Crippen MR) is 107 cm³/mol. The zero-order chi connectivity index (χ0) is 19.9. The van der Waals surface area contributed by atoms with Crippen molar-refractivity contribution in [2.75, 3.05) is 20.1 Å². The van der Waals surface area contributed by atoms with Gasteiger partial charge in [-0.2, -0.15) is 4.31 Å². The van der Waals surface area contributed by atoms with Crippen molar-refractivity contribution < 1.29 is 17.6 Å². The van der Waals surface area contributed by atoms with Gasteiger partial charge in [-0.25, -0.2) is 13.4 Å². The molecule has 0 atom stereocenters. The zero-order valence-electron chi connectivity index (χ0n) is 15.7. The molecule has 7 nitrogen and oxygen atoms in total. The van der Waals surface area contributed by atoms with Crippen LogP contribution in [-0.4, -0.2) is 48.7 Å². The first kappa shape index (κ1) is 19.1. The SMILES string of the molecule is Cc1oc(C(=O)N(C)Cc2nc3ccccc3s2)cc1S(=O)(=O)N1CCCC1. The Labute approximate surface area is 167 Å². The second kappa shape index (κ2) is 7.31. The lowest BCUT2D eigenvalue weighted by Crippen LogP contribution is -2.28. The molecule has 148 valence electrons. The number of carbonyl (C=O) groups excluding carboxylic acids is 1. The lowest BCUT2D eigenvalue weighted by atomic mass is 10.3. The van der Waals surface area contributed by atoms with Crippen LogP contribution in [0.1, 0.15) is 34.2 Å². The molecule has 1 amide bonds. The topological polar surface area (TPSA) is 83.7 Å². The van der Waals surface area contributed by atoms with Gasteiger partial charge in [0.2, 0.25) is 10.0 Å². The average molecular weight is 420 g/mol. The Morgan fingerprint density at radius 3 is 2.71 bits per heavy atom. The van der Waals surface area contributed by atoms with E-state index in [-0.39, 0.29) is 22.3 Å². The molecule has 1 aromatic carbocycles. The highest BCUT2D eigenvalue weighted by molar-refractivity contribution is 7.89. The third kappa shape index (κ3) is 3.45. The van der Waals surface area contributed by atoms with Gasteiger partial charge in [-0.1, -0.05) is 12.1 Å². The minimum Gasteiger partial charge on any atom is -0.455 e. The molecule has 2 aromatic heterocycles. The summed E-state index contributed by atoms with van der Waals surface area (Å²) in [5.74, 6) is -0.104. The summed E-state index contributed by atoms with van der Waals surface area (Å²) in [4.78, 5) is 18.9. The van der Waals surface area contributed by atoms with Crippen molar-refractivity contribution in [3.63, 3.8) is 0 Å². The maximum atomic E-state index is 12.8. The fourth-order valence-electron chi connectivity index (χ4n) is 3.34. The maximum absolute atomic E-state index is 12.8. The van der Waals surface area contributed by atoms with Gasteiger partial charge in [0.1, 0.15) is 15.7 Å². The van der Waals surface area contributed by atoms with E-state index in [1.165, 1.54) is 26.6 Å². The Kier molecular flexibility index (Phi) is 4.98. The summed E-state index contributed by atoms with van der Waals surface area (Å²) in [5, 5.41) is 0.810. The van der Waals surface area contributed by atoms with Gasteiger partial charge >= 0.3 is 0 Å². The highest BCUT2D eigenvalue weighted by atomic mass is 32.2. The van der Waals surface area contributed by atoms with Crippen LogP contribution in [0, 0.1) is 6.92 Å². The number of furan rings is 1. The van der Waals surface area contributed by atoms with Crippen LogP contribution in [0.4, 0.5) is 0 Å².